The van der Waals surface area contributed by atoms with Gasteiger partial charge in [0.15, 0.2) is 11.6 Å². The Balaban J connectivity index is 0.00000225. The van der Waals surface area contributed by atoms with E-state index in [2.05, 4.69) is 17.2 Å². The van der Waals surface area contributed by atoms with Crippen molar-refractivity contribution in [3.63, 3.8) is 0 Å². The van der Waals surface area contributed by atoms with E-state index in [-0.39, 0.29) is 41.3 Å². The molecule has 2 saturated heterocycles. The second kappa shape index (κ2) is 6.70. The zero-order chi connectivity index (χ0) is 19.7. The second-order valence-electron chi connectivity index (χ2n) is 8.49. The SMILES string of the molecule is C[C@@H]1N[C@@H]2C[C@H]1N(c1nc3c(cc1F)c(=O)c(C(=O)O)cn3C(C)(C)C)C2.Cl. The molecule has 0 aliphatic carbocycles. The summed E-state index contributed by atoms with van der Waals surface area (Å²) in [5.74, 6) is -1.70. The number of aromatic carboxylic acids is 1. The van der Waals surface area contributed by atoms with Crippen LogP contribution in [0.3, 0.4) is 0 Å². The van der Waals surface area contributed by atoms with E-state index in [1.54, 1.807) is 4.57 Å². The summed E-state index contributed by atoms with van der Waals surface area (Å²) in [7, 11) is 0. The number of aromatic nitrogens is 2. The zero-order valence-electron chi connectivity index (χ0n) is 16.2. The largest absolute Gasteiger partial charge is 0.477 e. The van der Waals surface area contributed by atoms with Crippen molar-refractivity contribution < 1.29 is 14.3 Å². The van der Waals surface area contributed by atoms with Crippen LogP contribution in [0.4, 0.5) is 10.2 Å². The molecule has 2 aliphatic rings. The number of hydrogen-bond acceptors (Lipinski definition) is 5. The van der Waals surface area contributed by atoms with Gasteiger partial charge >= 0.3 is 5.97 Å². The van der Waals surface area contributed by atoms with Gasteiger partial charge in [0.25, 0.3) is 0 Å². The zero-order valence-corrected chi connectivity index (χ0v) is 17.0. The van der Waals surface area contributed by atoms with Crippen LogP contribution < -0.4 is 15.6 Å². The van der Waals surface area contributed by atoms with Crippen LogP contribution in [0, 0.1) is 5.82 Å². The number of nitrogens with zero attached hydrogens (tertiary/aromatic N) is 3. The lowest BCUT2D eigenvalue weighted by Gasteiger charge is -2.33. The fourth-order valence-corrected chi connectivity index (χ4v) is 4.27. The Morgan fingerprint density at radius 3 is 2.61 bits per heavy atom. The smallest absolute Gasteiger partial charge is 0.341 e. The Morgan fingerprint density at radius 1 is 1.39 bits per heavy atom. The standard InChI is InChI=1S/C19H23FN4O3.ClH/c1-9-14-5-10(21-9)7-23(14)17-13(20)6-11-15(25)12(18(26)27)8-24(16(11)22-17)19(2,3)4;/h6,8-10,14,21H,5,7H2,1-4H3,(H,26,27);1H/t9-,10+,14+;/m0./s1. The number of carbonyl (C=O) groups is 1. The van der Waals surface area contributed by atoms with E-state index in [0.29, 0.717) is 18.2 Å². The van der Waals surface area contributed by atoms with Crippen LogP contribution in [-0.4, -0.2) is 45.3 Å². The molecule has 4 heterocycles. The van der Waals surface area contributed by atoms with Gasteiger partial charge in [-0.15, -0.1) is 12.4 Å². The van der Waals surface area contributed by atoms with Crippen molar-refractivity contribution in [3.8, 4) is 0 Å². The molecule has 0 spiro atoms. The van der Waals surface area contributed by atoms with Gasteiger partial charge in [-0.25, -0.2) is 14.2 Å². The van der Waals surface area contributed by atoms with Gasteiger partial charge < -0.3 is 19.9 Å². The molecule has 28 heavy (non-hydrogen) atoms. The van der Waals surface area contributed by atoms with E-state index in [1.807, 2.05) is 25.7 Å². The van der Waals surface area contributed by atoms with Crippen LogP contribution in [0.5, 0.6) is 0 Å². The van der Waals surface area contributed by atoms with Gasteiger partial charge in [-0.3, -0.25) is 4.79 Å². The highest BCUT2D eigenvalue weighted by Crippen LogP contribution is 2.34. The number of carboxylic acids is 1. The molecule has 0 aromatic carbocycles. The number of anilines is 1. The van der Waals surface area contributed by atoms with Crippen molar-refractivity contribution in [2.45, 2.75) is 57.8 Å². The first kappa shape index (κ1) is 20.5. The fraction of sp³-hybridized carbons (Fsp3) is 0.526. The number of hydrogen-bond donors (Lipinski definition) is 2. The Labute approximate surface area is 168 Å². The maximum Gasteiger partial charge on any atom is 0.341 e. The topological polar surface area (TPSA) is 87.5 Å². The molecule has 0 amide bonds. The van der Waals surface area contributed by atoms with E-state index in [4.69, 9.17) is 0 Å². The molecule has 0 unspecified atom stereocenters. The van der Waals surface area contributed by atoms with Gasteiger partial charge in [0.2, 0.25) is 5.43 Å². The number of rotatable bonds is 2. The first-order valence-electron chi connectivity index (χ1n) is 9.10. The minimum absolute atomic E-state index is 0. The maximum absolute atomic E-state index is 14.9. The van der Waals surface area contributed by atoms with Gasteiger partial charge in [-0.05, 0) is 40.2 Å². The monoisotopic (exact) mass is 410 g/mol. The van der Waals surface area contributed by atoms with Crippen molar-refractivity contribution in [2.75, 3.05) is 11.4 Å². The average molecular weight is 411 g/mol. The molecular formula is C19H24ClFN4O3. The summed E-state index contributed by atoms with van der Waals surface area (Å²) in [6.07, 6.45) is 2.24. The van der Waals surface area contributed by atoms with Crippen LogP contribution >= 0.6 is 12.4 Å². The van der Waals surface area contributed by atoms with Gasteiger partial charge in [-0.2, -0.15) is 0 Å². The highest BCUT2D eigenvalue weighted by molar-refractivity contribution is 5.92. The predicted octanol–water partition coefficient (Wildman–Crippen LogP) is 2.35. The van der Waals surface area contributed by atoms with E-state index in [1.165, 1.54) is 6.20 Å². The molecule has 0 radical (unpaired) electrons. The Hall–Kier alpha value is -2.19. The van der Waals surface area contributed by atoms with Gasteiger partial charge in [0.1, 0.15) is 11.2 Å². The molecule has 2 aromatic rings. The highest BCUT2D eigenvalue weighted by atomic mass is 35.5. The van der Waals surface area contributed by atoms with Crippen molar-refractivity contribution in [2.24, 2.45) is 0 Å². The van der Waals surface area contributed by atoms with Crippen LogP contribution in [0.25, 0.3) is 11.0 Å². The Kier molecular flexibility index (Phi) is 4.92. The summed E-state index contributed by atoms with van der Waals surface area (Å²) in [5, 5.41) is 12.8. The van der Waals surface area contributed by atoms with E-state index >= 15 is 0 Å². The van der Waals surface area contributed by atoms with Crippen molar-refractivity contribution in [1.29, 1.82) is 0 Å². The van der Waals surface area contributed by atoms with Crippen molar-refractivity contribution in [1.82, 2.24) is 14.9 Å². The summed E-state index contributed by atoms with van der Waals surface area (Å²) in [5.41, 5.74) is -1.33. The van der Waals surface area contributed by atoms with Gasteiger partial charge in [-0.1, -0.05) is 0 Å². The molecule has 2 aromatic heterocycles. The first-order chi connectivity index (χ1) is 12.6. The summed E-state index contributed by atoms with van der Waals surface area (Å²) in [6.45, 7) is 8.39. The lowest BCUT2D eigenvalue weighted by molar-refractivity contribution is 0.0694. The molecule has 2 bridgehead atoms. The predicted molar refractivity (Wildman–Crippen MR) is 107 cm³/mol. The van der Waals surface area contributed by atoms with Crippen LogP contribution in [0.1, 0.15) is 44.5 Å². The number of piperazine rings is 1. The third kappa shape index (κ3) is 3.04. The molecule has 2 aliphatic heterocycles. The molecule has 7 nitrogen and oxygen atoms in total. The number of nitrogens with one attached hydrogen (secondary N) is 1. The fourth-order valence-electron chi connectivity index (χ4n) is 4.27. The molecule has 2 fully saturated rings. The third-order valence-electron chi connectivity index (χ3n) is 5.56. The average Bonchev–Trinajstić information content (AvgIpc) is 3.12. The summed E-state index contributed by atoms with van der Waals surface area (Å²) >= 11 is 0. The van der Waals surface area contributed by atoms with E-state index in [9.17, 15) is 19.1 Å². The highest BCUT2D eigenvalue weighted by Gasteiger charge is 2.44. The quantitative estimate of drug-likeness (QED) is 0.790. The molecule has 2 N–H and O–H groups in total. The number of pyridine rings is 2. The molecule has 152 valence electrons. The number of carboxylic acid groups (broad SMARTS) is 1. The van der Waals surface area contributed by atoms with Crippen molar-refractivity contribution >= 4 is 35.2 Å². The van der Waals surface area contributed by atoms with Gasteiger partial charge in [0.05, 0.1) is 5.39 Å². The molecular weight excluding hydrogens is 387 g/mol. The number of fused-ring (bicyclic) bond motifs is 3. The maximum atomic E-state index is 14.9. The minimum atomic E-state index is -1.33. The number of halogens is 2. The van der Waals surface area contributed by atoms with E-state index < -0.39 is 22.8 Å². The second-order valence-corrected chi connectivity index (χ2v) is 8.49. The lowest BCUT2D eigenvalue weighted by Crippen LogP contribution is -2.50. The van der Waals surface area contributed by atoms with Crippen LogP contribution in [-0.2, 0) is 5.54 Å². The summed E-state index contributed by atoms with van der Waals surface area (Å²) in [6, 6.07) is 1.84. The Morgan fingerprint density at radius 2 is 2.07 bits per heavy atom. The van der Waals surface area contributed by atoms with E-state index in [0.717, 1.165) is 12.5 Å². The normalized spacial score (nSPS) is 23.9. The summed E-state index contributed by atoms with van der Waals surface area (Å²) < 4.78 is 16.6. The Bertz CT molecular complexity index is 1020. The van der Waals surface area contributed by atoms with Crippen LogP contribution in [0.15, 0.2) is 17.1 Å². The lowest BCUT2D eigenvalue weighted by atomic mass is 10.1. The molecule has 9 heteroatoms. The molecule has 4 rings (SSSR count). The third-order valence-corrected chi connectivity index (χ3v) is 5.56. The molecule has 0 saturated carbocycles. The van der Waals surface area contributed by atoms with Gasteiger partial charge in [0, 0.05) is 36.4 Å². The van der Waals surface area contributed by atoms with Crippen LogP contribution in [0.2, 0.25) is 0 Å². The minimum Gasteiger partial charge on any atom is -0.477 e. The summed E-state index contributed by atoms with van der Waals surface area (Å²) in [4.78, 5) is 30.6. The first-order valence-corrected chi connectivity index (χ1v) is 9.10. The molecule has 3 atom stereocenters. The van der Waals surface area contributed by atoms with Crippen molar-refractivity contribution in [3.05, 3.63) is 33.9 Å².